The van der Waals surface area contributed by atoms with Crippen LogP contribution in [0.1, 0.15) is 10.7 Å². The number of aryl methyl sites for hydroxylation is 1. The number of aromatic amines is 1. The zero-order valence-electron chi connectivity index (χ0n) is 12.0. The topological polar surface area (TPSA) is 81.0 Å². The second kappa shape index (κ2) is 5.74. The minimum absolute atomic E-state index is 0.384. The third kappa shape index (κ3) is 2.84. The second-order valence-electron chi connectivity index (χ2n) is 4.89. The van der Waals surface area contributed by atoms with Crippen molar-refractivity contribution in [3.8, 4) is 17.3 Å². The predicted octanol–water partition coefficient (Wildman–Crippen LogP) is 3.23. The smallest absolute Gasteiger partial charge is 0.235 e. The number of nitrogens with one attached hydrogen (secondary N) is 1. The first-order chi connectivity index (χ1) is 11.2. The number of ether oxygens (including phenoxy) is 1. The Hall–Kier alpha value is -2.26. The summed E-state index contributed by atoms with van der Waals surface area (Å²) in [5.41, 5.74) is 1.69. The number of aromatic nitrogens is 6. The summed E-state index contributed by atoms with van der Waals surface area (Å²) in [6.07, 6.45) is 0. The molecule has 3 aromatic heterocycles. The third-order valence-electron chi connectivity index (χ3n) is 3.14. The first kappa shape index (κ1) is 14.3. The zero-order chi connectivity index (χ0) is 15.8. The van der Waals surface area contributed by atoms with E-state index in [1.54, 1.807) is 4.52 Å². The van der Waals surface area contributed by atoms with Gasteiger partial charge in [-0.2, -0.15) is 14.7 Å². The summed E-state index contributed by atoms with van der Waals surface area (Å²) in [5.74, 6) is 1.41. The van der Waals surface area contributed by atoms with Crippen molar-refractivity contribution in [2.75, 3.05) is 0 Å². The summed E-state index contributed by atoms with van der Waals surface area (Å²) in [4.78, 5) is 0.718. The van der Waals surface area contributed by atoms with Crippen LogP contribution in [0.3, 0.4) is 0 Å². The van der Waals surface area contributed by atoms with Gasteiger partial charge in [-0.25, -0.2) is 0 Å². The van der Waals surface area contributed by atoms with Crippen molar-refractivity contribution in [3.63, 3.8) is 0 Å². The highest BCUT2D eigenvalue weighted by Gasteiger charge is 2.15. The molecule has 0 spiro atoms. The molecule has 0 saturated carbocycles. The Kier molecular flexibility index (Phi) is 3.58. The van der Waals surface area contributed by atoms with Crippen LogP contribution in [0.2, 0.25) is 0 Å². The first-order valence-electron chi connectivity index (χ1n) is 6.81. The van der Waals surface area contributed by atoms with E-state index in [4.69, 9.17) is 4.74 Å². The predicted molar refractivity (Wildman–Crippen MR) is 89.5 cm³/mol. The average Bonchev–Trinajstić information content (AvgIpc) is 3.22. The van der Waals surface area contributed by atoms with Gasteiger partial charge in [0.25, 0.3) is 0 Å². The van der Waals surface area contributed by atoms with E-state index in [2.05, 4.69) is 41.4 Å². The van der Waals surface area contributed by atoms with Gasteiger partial charge >= 0.3 is 0 Å². The lowest BCUT2D eigenvalue weighted by Gasteiger charge is -2.02. The van der Waals surface area contributed by atoms with Gasteiger partial charge in [-0.15, -0.1) is 10.2 Å². The Morgan fingerprint density at radius 3 is 2.83 bits per heavy atom. The molecule has 0 bridgehead atoms. The van der Waals surface area contributed by atoms with E-state index in [0.29, 0.717) is 12.4 Å². The highest BCUT2D eigenvalue weighted by molar-refractivity contribution is 9.10. The SMILES string of the molecule is Cc1cc(-c2nnc3sc(COc4ccc(Br)cc4)nn23)n[nH]1. The molecule has 0 unspecified atom stereocenters. The van der Waals surface area contributed by atoms with Crippen molar-refractivity contribution in [3.05, 3.63) is 45.5 Å². The molecule has 0 amide bonds. The molecular formula is C14H11BrN6OS. The Morgan fingerprint density at radius 2 is 2.09 bits per heavy atom. The fraction of sp³-hybridized carbons (Fsp3) is 0.143. The lowest BCUT2D eigenvalue weighted by atomic mass is 10.3. The van der Waals surface area contributed by atoms with Crippen LogP contribution in [0.4, 0.5) is 0 Å². The monoisotopic (exact) mass is 390 g/mol. The molecule has 1 aromatic carbocycles. The number of halogens is 1. The van der Waals surface area contributed by atoms with Gasteiger partial charge in [0, 0.05) is 10.2 Å². The zero-order valence-corrected chi connectivity index (χ0v) is 14.4. The first-order valence-corrected chi connectivity index (χ1v) is 8.42. The molecule has 0 aliphatic heterocycles. The molecule has 0 fully saturated rings. The molecule has 4 aromatic rings. The molecule has 9 heteroatoms. The molecule has 0 radical (unpaired) electrons. The van der Waals surface area contributed by atoms with E-state index in [1.165, 1.54) is 11.3 Å². The summed E-state index contributed by atoms with van der Waals surface area (Å²) in [5, 5.41) is 20.7. The third-order valence-corrected chi connectivity index (χ3v) is 4.54. The van der Waals surface area contributed by atoms with Crippen LogP contribution in [-0.2, 0) is 6.61 Å². The lowest BCUT2D eigenvalue weighted by molar-refractivity contribution is 0.304. The van der Waals surface area contributed by atoms with Crippen LogP contribution >= 0.6 is 27.3 Å². The number of rotatable bonds is 4. The summed E-state index contributed by atoms with van der Waals surface area (Å²) >= 11 is 4.85. The van der Waals surface area contributed by atoms with E-state index in [1.807, 2.05) is 37.3 Å². The molecule has 23 heavy (non-hydrogen) atoms. The van der Waals surface area contributed by atoms with Gasteiger partial charge in [-0.1, -0.05) is 27.3 Å². The van der Waals surface area contributed by atoms with Gasteiger partial charge in [0.2, 0.25) is 10.8 Å². The van der Waals surface area contributed by atoms with Crippen molar-refractivity contribution in [2.45, 2.75) is 13.5 Å². The Balaban J connectivity index is 1.57. The van der Waals surface area contributed by atoms with Gasteiger partial charge in [-0.05, 0) is 37.3 Å². The fourth-order valence-electron chi connectivity index (χ4n) is 2.08. The minimum atomic E-state index is 0.384. The highest BCUT2D eigenvalue weighted by Crippen LogP contribution is 2.22. The molecular weight excluding hydrogens is 380 g/mol. The molecule has 7 nitrogen and oxygen atoms in total. The summed E-state index contributed by atoms with van der Waals surface area (Å²) < 4.78 is 8.45. The van der Waals surface area contributed by atoms with Crippen molar-refractivity contribution < 1.29 is 4.74 Å². The molecule has 4 rings (SSSR count). The van der Waals surface area contributed by atoms with Crippen LogP contribution in [0.25, 0.3) is 16.5 Å². The largest absolute Gasteiger partial charge is 0.486 e. The van der Waals surface area contributed by atoms with E-state index < -0.39 is 0 Å². The molecule has 0 atom stereocenters. The van der Waals surface area contributed by atoms with Crippen LogP contribution in [0, 0.1) is 6.92 Å². The molecule has 0 aliphatic rings. The van der Waals surface area contributed by atoms with Crippen molar-refractivity contribution >= 4 is 32.2 Å². The lowest BCUT2D eigenvalue weighted by Crippen LogP contribution is -1.97. The normalized spacial score (nSPS) is 11.2. The highest BCUT2D eigenvalue weighted by atomic mass is 79.9. The fourth-order valence-corrected chi connectivity index (χ4v) is 3.09. The number of fused-ring (bicyclic) bond motifs is 1. The molecule has 0 saturated heterocycles. The maximum atomic E-state index is 5.74. The van der Waals surface area contributed by atoms with Gasteiger partial charge in [0.1, 0.15) is 18.1 Å². The van der Waals surface area contributed by atoms with Crippen molar-refractivity contribution in [1.29, 1.82) is 0 Å². The summed E-state index contributed by atoms with van der Waals surface area (Å²) in [6, 6.07) is 9.59. The van der Waals surface area contributed by atoms with Gasteiger partial charge in [-0.3, -0.25) is 5.10 Å². The molecule has 0 aliphatic carbocycles. The van der Waals surface area contributed by atoms with E-state index in [-0.39, 0.29) is 0 Å². The van der Waals surface area contributed by atoms with Crippen molar-refractivity contribution in [1.82, 2.24) is 30.0 Å². The van der Waals surface area contributed by atoms with Crippen molar-refractivity contribution in [2.24, 2.45) is 0 Å². The molecule has 1 N–H and O–H groups in total. The Bertz CT molecular complexity index is 957. The summed E-state index contributed by atoms with van der Waals surface area (Å²) in [7, 11) is 0. The van der Waals surface area contributed by atoms with Crippen LogP contribution in [0.5, 0.6) is 5.75 Å². The number of H-pyrrole nitrogens is 1. The van der Waals surface area contributed by atoms with E-state index in [0.717, 1.165) is 31.6 Å². The Labute approximate surface area is 143 Å². The second-order valence-corrected chi connectivity index (χ2v) is 6.85. The summed E-state index contributed by atoms with van der Waals surface area (Å²) in [6.45, 7) is 2.32. The minimum Gasteiger partial charge on any atom is -0.486 e. The quantitative estimate of drug-likeness (QED) is 0.578. The van der Waals surface area contributed by atoms with E-state index >= 15 is 0 Å². The maximum Gasteiger partial charge on any atom is 0.235 e. The van der Waals surface area contributed by atoms with Gasteiger partial charge in [0.05, 0.1) is 0 Å². The number of nitrogens with zero attached hydrogens (tertiary/aromatic N) is 5. The Morgan fingerprint density at radius 1 is 1.26 bits per heavy atom. The number of benzene rings is 1. The number of hydrogen-bond acceptors (Lipinski definition) is 6. The molecule has 3 heterocycles. The van der Waals surface area contributed by atoms with E-state index in [9.17, 15) is 0 Å². The van der Waals surface area contributed by atoms with Crippen LogP contribution in [0.15, 0.2) is 34.8 Å². The van der Waals surface area contributed by atoms with Gasteiger partial charge < -0.3 is 4.74 Å². The van der Waals surface area contributed by atoms with Gasteiger partial charge in [0.15, 0.2) is 5.01 Å². The number of hydrogen-bond donors (Lipinski definition) is 1. The standard InChI is InChI=1S/C14H11BrN6OS/c1-8-6-11(17-16-8)13-18-19-14-21(13)20-12(23-14)7-22-10-4-2-9(15)3-5-10/h2-6H,7H2,1H3,(H,16,17). The average molecular weight is 391 g/mol. The molecule has 116 valence electrons. The maximum absolute atomic E-state index is 5.74. The van der Waals surface area contributed by atoms with Crippen LogP contribution in [-0.4, -0.2) is 30.0 Å². The van der Waals surface area contributed by atoms with Crippen LogP contribution < -0.4 is 4.74 Å².